The van der Waals surface area contributed by atoms with E-state index >= 15 is 0 Å². The summed E-state index contributed by atoms with van der Waals surface area (Å²) in [5.41, 5.74) is 7.75. The van der Waals surface area contributed by atoms with Crippen LogP contribution < -0.4 is 4.90 Å². The Kier molecular flexibility index (Phi) is 7.08. The van der Waals surface area contributed by atoms with Crippen LogP contribution in [0, 0.1) is 5.92 Å². The number of anilines is 2. The molecule has 1 heteroatoms. The molecule has 0 saturated carbocycles. The first-order valence-electron chi connectivity index (χ1n) is 10.6. The number of hydrogen-bond donors (Lipinski definition) is 0. The van der Waals surface area contributed by atoms with E-state index in [-0.39, 0.29) is 0 Å². The Labute approximate surface area is 176 Å². The van der Waals surface area contributed by atoms with Crippen molar-refractivity contribution < 1.29 is 0 Å². The second kappa shape index (κ2) is 9.93. The SMILES string of the molecule is C/C=C\C1=C(C)C2CC=CC=C2C=C1N(c1ccccc1)c1ccccc1.CC. The first kappa shape index (κ1) is 20.7. The number of benzene rings is 2. The van der Waals surface area contributed by atoms with Gasteiger partial charge in [0.05, 0.1) is 5.70 Å². The summed E-state index contributed by atoms with van der Waals surface area (Å²) in [7, 11) is 0. The van der Waals surface area contributed by atoms with E-state index < -0.39 is 0 Å². The fourth-order valence-electron chi connectivity index (χ4n) is 4.00. The van der Waals surface area contributed by atoms with Gasteiger partial charge in [0, 0.05) is 17.3 Å². The summed E-state index contributed by atoms with van der Waals surface area (Å²) in [5, 5.41) is 0. The van der Waals surface area contributed by atoms with Crippen LogP contribution in [0.15, 0.2) is 120 Å². The average Bonchev–Trinajstić information content (AvgIpc) is 2.79. The van der Waals surface area contributed by atoms with Gasteiger partial charge in [-0.15, -0.1) is 0 Å². The Balaban J connectivity index is 0.00000117. The molecule has 0 radical (unpaired) electrons. The topological polar surface area (TPSA) is 3.24 Å². The van der Waals surface area contributed by atoms with Crippen LogP contribution in [0.3, 0.4) is 0 Å². The highest BCUT2D eigenvalue weighted by atomic mass is 15.2. The minimum atomic E-state index is 0.485. The van der Waals surface area contributed by atoms with Gasteiger partial charge in [-0.2, -0.15) is 0 Å². The molecule has 0 N–H and O–H groups in total. The van der Waals surface area contributed by atoms with Crippen molar-refractivity contribution in [2.75, 3.05) is 4.90 Å². The fraction of sp³-hybridized carbons (Fsp3) is 0.214. The summed E-state index contributed by atoms with van der Waals surface area (Å²) in [4.78, 5) is 2.37. The van der Waals surface area contributed by atoms with Crippen molar-refractivity contribution in [3.8, 4) is 0 Å². The van der Waals surface area contributed by atoms with Gasteiger partial charge in [-0.1, -0.05) is 86.2 Å². The molecule has 148 valence electrons. The zero-order chi connectivity index (χ0) is 20.6. The molecule has 2 aromatic carbocycles. The molecule has 1 atom stereocenters. The third kappa shape index (κ3) is 4.35. The van der Waals surface area contributed by atoms with E-state index in [0.29, 0.717) is 5.92 Å². The number of allylic oxidation sites excluding steroid dienone is 8. The Hall–Kier alpha value is -3.06. The summed E-state index contributed by atoms with van der Waals surface area (Å²) in [6.07, 6.45) is 14.6. The Morgan fingerprint density at radius 3 is 2.03 bits per heavy atom. The van der Waals surface area contributed by atoms with Gasteiger partial charge in [-0.25, -0.2) is 0 Å². The molecule has 2 aliphatic rings. The second-order valence-electron chi connectivity index (χ2n) is 7.02. The van der Waals surface area contributed by atoms with Crippen molar-refractivity contribution in [1.29, 1.82) is 0 Å². The number of hydrogen-bond acceptors (Lipinski definition) is 1. The fourth-order valence-corrected chi connectivity index (χ4v) is 4.00. The van der Waals surface area contributed by atoms with Crippen LogP contribution in [0.4, 0.5) is 11.4 Å². The van der Waals surface area contributed by atoms with Gasteiger partial charge in [0.2, 0.25) is 0 Å². The van der Waals surface area contributed by atoms with Crippen LogP contribution in [-0.2, 0) is 0 Å². The van der Waals surface area contributed by atoms with Gasteiger partial charge in [-0.05, 0) is 61.8 Å². The van der Waals surface area contributed by atoms with E-state index in [4.69, 9.17) is 0 Å². The number of para-hydroxylation sites is 2. The van der Waals surface area contributed by atoms with Gasteiger partial charge in [0.15, 0.2) is 0 Å². The van der Waals surface area contributed by atoms with E-state index in [0.717, 1.165) is 6.42 Å². The highest BCUT2D eigenvalue weighted by Gasteiger charge is 2.28. The highest BCUT2D eigenvalue weighted by molar-refractivity contribution is 5.74. The van der Waals surface area contributed by atoms with E-state index in [1.165, 1.54) is 33.8 Å². The summed E-state index contributed by atoms with van der Waals surface area (Å²) >= 11 is 0. The maximum Gasteiger partial charge on any atom is 0.0536 e. The van der Waals surface area contributed by atoms with Crippen molar-refractivity contribution >= 4 is 11.4 Å². The maximum atomic E-state index is 2.37. The molecule has 0 amide bonds. The van der Waals surface area contributed by atoms with Crippen LogP contribution >= 0.6 is 0 Å². The zero-order valence-corrected chi connectivity index (χ0v) is 18.0. The largest absolute Gasteiger partial charge is 0.310 e. The van der Waals surface area contributed by atoms with Crippen molar-refractivity contribution in [3.05, 3.63) is 120 Å². The molecule has 0 saturated heterocycles. The van der Waals surface area contributed by atoms with Gasteiger partial charge < -0.3 is 4.90 Å². The number of fused-ring (bicyclic) bond motifs is 1. The first-order chi connectivity index (χ1) is 14.3. The molecule has 0 aliphatic heterocycles. The molecule has 0 bridgehead atoms. The molecule has 4 rings (SSSR count). The number of nitrogens with zero attached hydrogens (tertiary/aromatic N) is 1. The lowest BCUT2D eigenvalue weighted by atomic mass is 9.78. The molecule has 29 heavy (non-hydrogen) atoms. The van der Waals surface area contributed by atoms with Crippen LogP contribution in [0.2, 0.25) is 0 Å². The van der Waals surface area contributed by atoms with Gasteiger partial charge in [0.25, 0.3) is 0 Å². The third-order valence-electron chi connectivity index (χ3n) is 5.33. The average molecular weight is 382 g/mol. The van der Waals surface area contributed by atoms with Crippen LogP contribution in [-0.4, -0.2) is 0 Å². The molecule has 2 aliphatic carbocycles. The smallest absolute Gasteiger partial charge is 0.0536 e. The lowest BCUT2D eigenvalue weighted by molar-refractivity contribution is 0.716. The predicted octanol–water partition coefficient (Wildman–Crippen LogP) is 8.14. The zero-order valence-electron chi connectivity index (χ0n) is 18.0. The van der Waals surface area contributed by atoms with E-state index in [1.807, 2.05) is 13.8 Å². The van der Waals surface area contributed by atoms with Crippen LogP contribution in [0.5, 0.6) is 0 Å². The lowest BCUT2D eigenvalue weighted by Crippen LogP contribution is -2.23. The standard InChI is InChI=1S/C26H25N.C2H6/c1-3-12-25-20(2)24-18-11-10-13-21(24)19-26(25)27(22-14-6-4-7-15-22)23-16-8-5-9-17-23;1-2/h3-17,19,24H,18H2,1-2H3;1-2H3/b12-3-;. The maximum absolute atomic E-state index is 2.37. The van der Waals surface area contributed by atoms with E-state index in [2.05, 4.69) is 116 Å². The summed E-state index contributed by atoms with van der Waals surface area (Å²) in [6.45, 7) is 8.38. The minimum Gasteiger partial charge on any atom is -0.310 e. The highest BCUT2D eigenvalue weighted by Crippen LogP contribution is 2.42. The van der Waals surface area contributed by atoms with Crippen molar-refractivity contribution in [2.45, 2.75) is 34.1 Å². The monoisotopic (exact) mass is 381 g/mol. The molecule has 1 nitrogen and oxygen atoms in total. The molecular weight excluding hydrogens is 350 g/mol. The second-order valence-corrected chi connectivity index (χ2v) is 7.02. The number of rotatable bonds is 4. The van der Waals surface area contributed by atoms with Crippen molar-refractivity contribution in [3.63, 3.8) is 0 Å². The summed E-state index contributed by atoms with van der Waals surface area (Å²) < 4.78 is 0. The molecule has 2 aromatic rings. The normalized spacial score (nSPS) is 17.9. The first-order valence-corrected chi connectivity index (χ1v) is 10.6. The predicted molar refractivity (Wildman–Crippen MR) is 127 cm³/mol. The van der Waals surface area contributed by atoms with Crippen molar-refractivity contribution in [2.24, 2.45) is 5.92 Å². The molecule has 0 aromatic heterocycles. The van der Waals surface area contributed by atoms with Gasteiger partial charge in [-0.3, -0.25) is 0 Å². The van der Waals surface area contributed by atoms with Gasteiger partial charge >= 0.3 is 0 Å². The van der Waals surface area contributed by atoms with Crippen LogP contribution in [0.1, 0.15) is 34.1 Å². The quantitative estimate of drug-likeness (QED) is 0.516. The summed E-state index contributed by atoms with van der Waals surface area (Å²) in [6, 6.07) is 21.3. The summed E-state index contributed by atoms with van der Waals surface area (Å²) in [5.74, 6) is 0.485. The third-order valence-corrected chi connectivity index (χ3v) is 5.33. The molecule has 1 unspecified atom stereocenters. The van der Waals surface area contributed by atoms with Crippen molar-refractivity contribution in [1.82, 2.24) is 0 Å². The van der Waals surface area contributed by atoms with Crippen LogP contribution in [0.25, 0.3) is 0 Å². The molecular formula is C28H31N. The Morgan fingerprint density at radius 1 is 0.897 bits per heavy atom. The molecule has 0 spiro atoms. The lowest BCUT2D eigenvalue weighted by Gasteiger charge is -2.35. The Morgan fingerprint density at radius 2 is 1.48 bits per heavy atom. The van der Waals surface area contributed by atoms with Gasteiger partial charge in [0.1, 0.15) is 0 Å². The Bertz CT molecular complexity index is 916. The molecule has 0 fully saturated rings. The molecule has 0 heterocycles. The minimum absolute atomic E-state index is 0.485. The van der Waals surface area contributed by atoms with E-state index in [9.17, 15) is 0 Å². The van der Waals surface area contributed by atoms with E-state index in [1.54, 1.807) is 0 Å².